The van der Waals surface area contributed by atoms with Crippen LogP contribution in [-0.4, -0.2) is 34.9 Å². The first kappa shape index (κ1) is 17.3. The van der Waals surface area contributed by atoms with Gasteiger partial charge in [0, 0.05) is 22.7 Å². The van der Waals surface area contributed by atoms with Crippen LogP contribution in [0.1, 0.15) is 29.6 Å². The number of para-hydroxylation sites is 2. The highest BCUT2D eigenvalue weighted by molar-refractivity contribution is 14.1. The average molecular weight is 461 g/mol. The molecule has 1 fully saturated rings. The van der Waals surface area contributed by atoms with Gasteiger partial charge in [-0.2, -0.15) is 4.98 Å². The van der Waals surface area contributed by atoms with Gasteiger partial charge >= 0.3 is 0 Å². The van der Waals surface area contributed by atoms with Crippen LogP contribution in [0.25, 0.3) is 11.1 Å². The van der Waals surface area contributed by atoms with Gasteiger partial charge in [-0.05, 0) is 66.1 Å². The minimum atomic E-state index is 0.110. The lowest BCUT2D eigenvalue weighted by Crippen LogP contribution is -2.47. The highest BCUT2D eigenvalue weighted by Crippen LogP contribution is 2.23. The number of nitrogens with zero attached hydrogens (tertiary/aromatic N) is 2. The molecule has 1 N–H and O–H groups in total. The van der Waals surface area contributed by atoms with Crippen LogP contribution in [0.5, 0.6) is 0 Å². The van der Waals surface area contributed by atoms with Crippen LogP contribution in [0.15, 0.2) is 52.9 Å². The summed E-state index contributed by atoms with van der Waals surface area (Å²) >= 11 is 2.23. The molecule has 1 aliphatic heterocycles. The van der Waals surface area contributed by atoms with Crippen molar-refractivity contribution in [3.05, 3.63) is 57.7 Å². The van der Waals surface area contributed by atoms with Crippen LogP contribution < -0.4 is 5.32 Å². The van der Waals surface area contributed by atoms with E-state index in [9.17, 15) is 4.79 Å². The molecule has 0 radical (unpaired) electrons. The molecule has 1 atom stereocenters. The number of anilines is 1. The van der Waals surface area contributed by atoms with Crippen molar-refractivity contribution in [3.63, 3.8) is 0 Å². The summed E-state index contributed by atoms with van der Waals surface area (Å²) in [6.07, 6.45) is 3.17. The summed E-state index contributed by atoms with van der Waals surface area (Å²) in [7, 11) is 0. The number of hydrogen-bond acceptors (Lipinski definition) is 4. The van der Waals surface area contributed by atoms with E-state index in [0.29, 0.717) is 12.6 Å². The number of oxazole rings is 1. The molecular weight excluding hydrogens is 441 g/mol. The Bertz CT molecular complexity index is 891. The lowest BCUT2D eigenvalue weighted by molar-refractivity contribution is 0.0626. The lowest BCUT2D eigenvalue weighted by Gasteiger charge is -2.36. The van der Waals surface area contributed by atoms with Gasteiger partial charge in [-0.3, -0.25) is 4.79 Å². The zero-order chi connectivity index (χ0) is 17.9. The largest absolute Gasteiger partial charge is 0.424 e. The molecule has 4 rings (SSSR count). The van der Waals surface area contributed by atoms with Gasteiger partial charge < -0.3 is 14.6 Å². The summed E-state index contributed by atoms with van der Waals surface area (Å²) in [5, 5.41) is 3.28. The molecule has 0 bridgehead atoms. The Morgan fingerprint density at radius 1 is 1.19 bits per heavy atom. The van der Waals surface area contributed by atoms with Gasteiger partial charge in [0.2, 0.25) is 0 Å². The third kappa shape index (κ3) is 3.56. The number of carbonyl (C=O) groups excluding carboxylic acids is 1. The van der Waals surface area contributed by atoms with E-state index in [-0.39, 0.29) is 11.9 Å². The van der Waals surface area contributed by atoms with Gasteiger partial charge in [0.15, 0.2) is 5.58 Å². The Morgan fingerprint density at radius 3 is 2.85 bits per heavy atom. The van der Waals surface area contributed by atoms with Crippen LogP contribution >= 0.6 is 22.6 Å². The van der Waals surface area contributed by atoms with Gasteiger partial charge in [0.25, 0.3) is 11.9 Å². The molecule has 1 unspecified atom stereocenters. The molecule has 5 nitrogen and oxygen atoms in total. The minimum Gasteiger partial charge on any atom is -0.424 e. The zero-order valence-corrected chi connectivity index (χ0v) is 16.5. The number of hydrogen-bond donors (Lipinski definition) is 1. The summed E-state index contributed by atoms with van der Waals surface area (Å²) in [4.78, 5) is 19.5. The summed E-state index contributed by atoms with van der Waals surface area (Å²) in [5.74, 6) is 0.110. The summed E-state index contributed by atoms with van der Waals surface area (Å²) in [6.45, 7) is 1.44. The molecule has 2 aromatic carbocycles. The highest BCUT2D eigenvalue weighted by Gasteiger charge is 2.28. The molecule has 0 aliphatic carbocycles. The average Bonchev–Trinajstić information content (AvgIpc) is 3.09. The van der Waals surface area contributed by atoms with Gasteiger partial charge in [0.05, 0.1) is 5.56 Å². The number of aromatic nitrogens is 1. The van der Waals surface area contributed by atoms with Crippen molar-refractivity contribution in [1.29, 1.82) is 0 Å². The minimum absolute atomic E-state index is 0.110. The van der Waals surface area contributed by atoms with E-state index in [2.05, 4.69) is 32.9 Å². The first-order valence-electron chi connectivity index (χ1n) is 8.87. The van der Waals surface area contributed by atoms with Crippen molar-refractivity contribution in [2.45, 2.75) is 25.3 Å². The quantitative estimate of drug-likeness (QED) is 0.580. The van der Waals surface area contributed by atoms with E-state index in [0.717, 1.165) is 46.0 Å². The van der Waals surface area contributed by atoms with Crippen LogP contribution in [0, 0.1) is 3.57 Å². The van der Waals surface area contributed by atoms with Gasteiger partial charge in [-0.25, -0.2) is 0 Å². The highest BCUT2D eigenvalue weighted by atomic mass is 127. The molecule has 0 saturated carbocycles. The number of piperidine rings is 1. The van der Waals surface area contributed by atoms with E-state index in [1.807, 2.05) is 53.4 Å². The van der Waals surface area contributed by atoms with Crippen molar-refractivity contribution in [1.82, 2.24) is 9.88 Å². The number of halogens is 1. The van der Waals surface area contributed by atoms with Crippen molar-refractivity contribution < 1.29 is 9.21 Å². The number of benzene rings is 2. The molecule has 1 aliphatic rings. The smallest absolute Gasteiger partial charge is 0.295 e. The second-order valence-corrected chi connectivity index (χ2v) is 7.66. The van der Waals surface area contributed by atoms with Crippen LogP contribution in [0.2, 0.25) is 0 Å². The Labute approximate surface area is 165 Å². The fourth-order valence-corrected chi connectivity index (χ4v) is 4.04. The monoisotopic (exact) mass is 461 g/mol. The maximum atomic E-state index is 13.0. The zero-order valence-electron chi connectivity index (χ0n) is 14.3. The molecule has 0 spiro atoms. The van der Waals surface area contributed by atoms with E-state index in [1.54, 1.807) is 0 Å². The number of amides is 1. The van der Waals surface area contributed by atoms with Crippen LogP contribution in [-0.2, 0) is 0 Å². The molecular formula is C20H20IN3O2. The molecule has 6 heteroatoms. The number of carbonyl (C=O) groups is 1. The van der Waals surface area contributed by atoms with E-state index < -0.39 is 0 Å². The van der Waals surface area contributed by atoms with E-state index >= 15 is 0 Å². The second-order valence-electron chi connectivity index (χ2n) is 6.50. The molecule has 1 amide bonds. The molecule has 1 saturated heterocycles. The van der Waals surface area contributed by atoms with Gasteiger partial charge in [-0.1, -0.05) is 24.3 Å². The standard InChI is InChI=1S/C20H20IN3O2/c21-16-9-2-1-8-15(16)19(25)24-12-6-5-7-14(24)13-22-20-23-17-10-3-4-11-18(17)26-20/h1-4,8-11,14H,5-7,12-13H2,(H,22,23). The third-order valence-electron chi connectivity index (χ3n) is 4.78. The fraction of sp³-hybridized carbons (Fsp3) is 0.300. The Kier molecular flexibility index (Phi) is 5.10. The SMILES string of the molecule is O=C(c1ccccc1I)N1CCCCC1CNc1nc2ccccc2o1. The van der Waals surface area contributed by atoms with Gasteiger partial charge in [-0.15, -0.1) is 0 Å². The molecule has 3 aromatic rings. The van der Waals surface area contributed by atoms with Crippen LogP contribution in [0.3, 0.4) is 0 Å². The van der Waals surface area contributed by atoms with Crippen LogP contribution in [0.4, 0.5) is 6.01 Å². The van der Waals surface area contributed by atoms with Crippen molar-refractivity contribution in [3.8, 4) is 0 Å². The maximum absolute atomic E-state index is 13.0. The topological polar surface area (TPSA) is 58.4 Å². The number of fused-ring (bicyclic) bond motifs is 1. The fourth-order valence-electron chi connectivity index (χ4n) is 3.42. The van der Waals surface area contributed by atoms with Crippen molar-refractivity contribution in [2.24, 2.45) is 0 Å². The van der Waals surface area contributed by atoms with E-state index in [4.69, 9.17) is 4.42 Å². The Morgan fingerprint density at radius 2 is 2.00 bits per heavy atom. The van der Waals surface area contributed by atoms with Gasteiger partial charge in [0.1, 0.15) is 5.52 Å². The molecule has 26 heavy (non-hydrogen) atoms. The maximum Gasteiger partial charge on any atom is 0.295 e. The Balaban J connectivity index is 1.48. The third-order valence-corrected chi connectivity index (χ3v) is 5.72. The number of likely N-dealkylation sites (tertiary alicyclic amines) is 1. The summed E-state index contributed by atoms with van der Waals surface area (Å²) in [5.41, 5.74) is 2.39. The van der Waals surface area contributed by atoms with Crippen molar-refractivity contribution >= 4 is 45.6 Å². The normalized spacial score (nSPS) is 17.4. The second kappa shape index (κ2) is 7.65. The van der Waals surface area contributed by atoms with E-state index in [1.165, 1.54) is 0 Å². The molecule has 2 heterocycles. The Hall–Kier alpha value is -2.09. The molecule has 134 valence electrons. The molecule has 1 aromatic heterocycles. The number of nitrogens with one attached hydrogen (secondary N) is 1. The predicted octanol–water partition coefficient (Wildman–Crippen LogP) is 4.54. The number of rotatable bonds is 4. The predicted molar refractivity (Wildman–Crippen MR) is 110 cm³/mol. The first-order chi connectivity index (χ1) is 12.7. The lowest BCUT2D eigenvalue weighted by atomic mass is 10.0. The summed E-state index contributed by atoms with van der Waals surface area (Å²) < 4.78 is 6.72. The van der Waals surface area contributed by atoms with Crippen molar-refractivity contribution in [2.75, 3.05) is 18.4 Å². The first-order valence-corrected chi connectivity index (χ1v) is 9.95. The summed E-state index contributed by atoms with van der Waals surface area (Å²) in [6, 6.07) is 16.1.